The molecule has 0 aromatic heterocycles. The number of rotatable bonds is 13. The summed E-state index contributed by atoms with van der Waals surface area (Å²) in [6, 6.07) is 0. The lowest BCUT2D eigenvalue weighted by Crippen LogP contribution is -2.31. The van der Waals surface area contributed by atoms with Gasteiger partial charge in [0.15, 0.2) is 0 Å². The first-order chi connectivity index (χ1) is 9.06. The first kappa shape index (κ1) is 18.3. The molecule has 6 heteroatoms. The van der Waals surface area contributed by atoms with Gasteiger partial charge in [-0.1, -0.05) is 6.92 Å². The van der Waals surface area contributed by atoms with Crippen LogP contribution in [0.4, 0.5) is 0 Å². The number of methoxy groups -OCH3 is 1. The summed E-state index contributed by atoms with van der Waals surface area (Å²) < 4.78 is 10.0. The van der Waals surface area contributed by atoms with Gasteiger partial charge in [-0.15, -0.1) is 0 Å². The topological polar surface area (TPSA) is 88.0 Å². The van der Waals surface area contributed by atoms with Crippen LogP contribution in [0.1, 0.15) is 26.2 Å². The fraction of sp³-hybridized carbons (Fsp3) is 0.923. The highest BCUT2D eigenvalue weighted by Gasteiger charge is 2.07. The van der Waals surface area contributed by atoms with Crippen LogP contribution in [0.25, 0.3) is 0 Å². The molecule has 0 bridgehead atoms. The Balaban J connectivity index is 3.34. The van der Waals surface area contributed by atoms with E-state index in [1.54, 1.807) is 7.11 Å². The first-order valence-electron chi connectivity index (χ1n) is 6.73. The van der Waals surface area contributed by atoms with E-state index in [0.29, 0.717) is 38.7 Å². The van der Waals surface area contributed by atoms with Gasteiger partial charge in [0, 0.05) is 20.1 Å². The maximum atomic E-state index is 10.4. The molecule has 2 atom stereocenters. The Hall–Kier alpha value is -0.690. The summed E-state index contributed by atoms with van der Waals surface area (Å²) in [6.45, 7) is 4.61. The number of hydrogen-bond acceptors (Lipinski definition) is 5. The van der Waals surface area contributed by atoms with E-state index in [2.05, 4.69) is 5.32 Å². The summed E-state index contributed by atoms with van der Waals surface area (Å²) in [5.41, 5.74) is 0. The van der Waals surface area contributed by atoms with Crippen molar-refractivity contribution in [1.29, 1.82) is 0 Å². The molecule has 3 N–H and O–H groups in total. The van der Waals surface area contributed by atoms with Crippen molar-refractivity contribution < 1.29 is 24.5 Å². The number of carbonyl (C=O) groups is 1. The number of aliphatic carboxylic acids is 1. The largest absolute Gasteiger partial charge is 0.481 e. The molecule has 19 heavy (non-hydrogen) atoms. The molecule has 0 radical (unpaired) electrons. The summed E-state index contributed by atoms with van der Waals surface area (Å²) >= 11 is 0. The lowest BCUT2D eigenvalue weighted by Gasteiger charge is -2.14. The lowest BCUT2D eigenvalue weighted by molar-refractivity contribution is -0.137. The van der Waals surface area contributed by atoms with Gasteiger partial charge in [-0.05, 0) is 25.3 Å². The van der Waals surface area contributed by atoms with Crippen LogP contribution in [0, 0.1) is 5.92 Å². The van der Waals surface area contributed by atoms with Crippen molar-refractivity contribution in [1.82, 2.24) is 5.32 Å². The van der Waals surface area contributed by atoms with Crippen LogP contribution in [0.15, 0.2) is 0 Å². The van der Waals surface area contributed by atoms with Crippen molar-refractivity contribution in [3.05, 3.63) is 0 Å². The normalized spacial score (nSPS) is 14.3. The summed E-state index contributed by atoms with van der Waals surface area (Å²) in [6.07, 6.45) is 1.30. The number of aliphatic hydroxyl groups excluding tert-OH is 1. The second kappa shape index (κ2) is 12.3. The van der Waals surface area contributed by atoms with Crippen LogP contribution in [0.5, 0.6) is 0 Å². The van der Waals surface area contributed by atoms with Gasteiger partial charge in [-0.25, -0.2) is 0 Å². The molecule has 0 fully saturated rings. The van der Waals surface area contributed by atoms with Crippen LogP contribution < -0.4 is 5.32 Å². The first-order valence-corrected chi connectivity index (χ1v) is 6.73. The Morgan fingerprint density at radius 1 is 1.32 bits per heavy atom. The van der Waals surface area contributed by atoms with Crippen LogP contribution in [-0.2, 0) is 14.3 Å². The van der Waals surface area contributed by atoms with Gasteiger partial charge < -0.3 is 25.0 Å². The molecule has 0 saturated heterocycles. The Bertz CT molecular complexity index is 225. The number of aliphatic hydroxyl groups is 1. The van der Waals surface area contributed by atoms with Gasteiger partial charge in [0.05, 0.1) is 25.9 Å². The Kier molecular flexibility index (Phi) is 11.9. The molecule has 0 aliphatic rings. The predicted octanol–water partition coefficient (Wildman–Crippen LogP) is 0.491. The van der Waals surface area contributed by atoms with Crippen molar-refractivity contribution in [3.8, 4) is 0 Å². The van der Waals surface area contributed by atoms with Gasteiger partial charge in [-0.3, -0.25) is 4.79 Å². The quantitative estimate of drug-likeness (QED) is 0.425. The number of nitrogens with one attached hydrogen (secondary N) is 1. The summed E-state index contributed by atoms with van der Waals surface area (Å²) in [7, 11) is 1.60. The van der Waals surface area contributed by atoms with E-state index < -0.39 is 12.1 Å². The highest BCUT2D eigenvalue weighted by Crippen LogP contribution is 2.08. The van der Waals surface area contributed by atoms with Gasteiger partial charge in [-0.2, -0.15) is 0 Å². The second-order valence-electron chi connectivity index (χ2n) is 4.75. The van der Waals surface area contributed by atoms with Crippen molar-refractivity contribution in [2.24, 2.45) is 5.92 Å². The van der Waals surface area contributed by atoms with E-state index in [0.717, 1.165) is 13.0 Å². The summed E-state index contributed by atoms with van der Waals surface area (Å²) in [5, 5.41) is 21.3. The van der Waals surface area contributed by atoms with Gasteiger partial charge in [0.1, 0.15) is 0 Å². The third-order valence-electron chi connectivity index (χ3n) is 2.79. The molecule has 0 saturated carbocycles. The molecular weight excluding hydrogens is 250 g/mol. The van der Waals surface area contributed by atoms with E-state index in [-0.39, 0.29) is 6.42 Å². The number of carboxylic acid groups (broad SMARTS) is 1. The van der Waals surface area contributed by atoms with Crippen LogP contribution in [-0.4, -0.2) is 62.3 Å². The standard InChI is InChI=1S/C13H27NO5/c1-11(3-4-13(16)17)5-6-14-9-12(15)10-19-8-7-18-2/h11-12,14-15H,3-10H2,1-2H3,(H,16,17). The molecule has 0 aromatic rings. The maximum absolute atomic E-state index is 10.4. The predicted molar refractivity (Wildman–Crippen MR) is 72.2 cm³/mol. The molecule has 0 aliphatic heterocycles. The Morgan fingerprint density at radius 2 is 2.05 bits per heavy atom. The van der Waals surface area contributed by atoms with Gasteiger partial charge in [0.25, 0.3) is 0 Å². The van der Waals surface area contributed by atoms with Crippen LogP contribution >= 0.6 is 0 Å². The molecule has 0 spiro atoms. The Morgan fingerprint density at radius 3 is 2.68 bits per heavy atom. The molecule has 114 valence electrons. The van der Waals surface area contributed by atoms with E-state index in [9.17, 15) is 9.90 Å². The highest BCUT2D eigenvalue weighted by atomic mass is 16.5. The lowest BCUT2D eigenvalue weighted by atomic mass is 10.0. The van der Waals surface area contributed by atoms with Gasteiger partial charge in [0.2, 0.25) is 0 Å². The Labute approximate surface area is 115 Å². The van der Waals surface area contributed by atoms with E-state index in [1.165, 1.54) is 0 Å². The monoisotopic (exact) mass is 277 g/mol. The maximum Gasteiger partial charge on any atom is 0.303 e. The molecule has 2 unspecified atom stereocenters. The molecule has 0 amide bonds. The zero-order valence-electron chi connectivity index (χ0n) is 11.9. The van der Waals surface area contributed by atoms with Crippen molar-refractivity contribution >= 4 is 5.97 Å². The summed E-state index contributed by atoms with van der Waals surface area (Å²) in [5.74, 6) is -0.373. The average molecular weight is 277 g/mol. The minimum atomic E-state index is -0.747. The van der Waals surface area contributed by atoms with Crippen molar-refractivity contribution in [2.75, 3.05) is 40.0 Å². The molecular formula is C13H27NO5. The summed E-state index contributed by atoms with van der Waals surface area (Å²) in [4.78, 5) is 10.4. The minimum Gasteiger partial charge on any atom is -0.481 e. The number of carboxylic acids is 1. The molecule has 0 heterocycles. The second-order valence-corrected chi connectivity index (χ2v) is 4.75. The fourth-order valence-electron chi connectivity index (χ4n) is 1.55. The average Bonchev–Trinajstić information content (AvgIpc) is 2.37. The SMILES string of the molecule is COCCOCC(O)CNCCC(C)CCC(=O)O. The number of hydrogen-bond donors (Lipinski definition) is 3. The molecule has 6 nitrogen and oxygen atoms in total. The van der Waals surface area contributed by atoms with Crippen LogP contribution in [0.3, 0.4) is 0 Å². The minimum absolute atomic E-state index is 0.219. The molecule has 0 aromatic carbocycles. The van der Waals surface area contributed by atoms with Crippen molar-refractivity contribution in [3.63, 3.8) is 0 Å². The van der Waals surface area contributed by atoms with E-state index in [1.807, 2.05) is 6.92 Å². The van der Waals surface area contributed by atoms with Gasteiger partial charge >= 0.3 is 5.97 Å². The third-order valence-corrected chi connectivity index (χ3v) is 2.79. The fourth-order valence-corrected chi connectivity index (χ4v) is 1.55. The zero-order valence-corrected chi connectivity index (χ0v) is 11.9. The highest BCUT2D eigenvalue weighted by molar-refractivity contribution is 5.66. The smallest absolute Gasteiger partial charge is 0.303 e. The van der Waals surface area contributed by atoms with E-state index >= 15 is 0 Å². The number of ether oxygens (including phenoxy) is 2. The molecule has 0 rings (SSSR count). The van der Waals surface area contributed by atoms with E-state index in [4.69, 9.17) is 14.6 Å². The third kappa shape index (κ3) is 13.5. The van der Waals surface area contributed by atoms with Crippen LogP contribution in [0.2, 0.25) is 0 Å². The zero-order chi connectivity index (χ0) is 14.5. The molecule has 0 aliphatic carbocycles. The van der Waals surface area contributed by atoms with Crippen molar-refractivity contribution in [2.45, 2.75) is 32.3 Å².